The number of rotatable bonds is 7. The van der Waals surface area contributed by atoms with E-state index in [1.54, 1.807) is 35.8 Å². The third-order valence-electron chi connectivity index (χ3n) is 4.22. The highest BCUT2D eigenvalue weighted by Crippen LogP contribution is 2.16. The number of aryl methyl sites for hydroxylation is 1. The SMILES string of the molecule is CCCCC(CC)C(=O)N(C)Cc1nnc2c(=O)n(C)ccn12. The molecule has 2 heterocycles. The summed E-state index contributed by atoms with van der Waals surface area (Å²) in [5, 5.41) is 8.02. The highest BCUT2D eigenvalue weighted by molar-refractivity contribution is 5.78. The van der Waals surface area contributed by atoms with Gasteiger partial charge in [0.15, 0.2) is 5.82 Å². The van der Waals surface area contributed by atoms with Gasteiger partial charge in [0.05, 0.1) is 6.54 Å². The van der Waals surface area contributed by atoms with E-state index in [1.165, 1.54) is 4.57 Å². The fourth-order valence-corrected chi connectivity index (χ4v) is 2.68. The van der Waals surface area contributed by atoms with Crippen molar-refractivity contribution in [1.82, 2.24) is 24.1 Å². The number of amides is 1. The average Bonchev–Trinajstić information content (AvgIpc) is 2.95. The first-order valence-corrected chi connectivity index (χ1v) is 8.13. The molecule has 0 aromatic carbocycles. The standard InChI is InChI=1S/C16H25N5O2/c1-5-7-8-12(6-2)15(22)20(4)11-13-17-18-14-16(23)19(3)9-10-21(13)14/h9-10,12H,5-8,11H2,1-4H3. The van der Waals surface area contributed by atoms with Crippen molar-refractivity contribution in [2.75, 3.05) is 7.05 Å². The van der Waals surface area contributed by atoms with Crippen molar-refractivity contribution in [3.63, 3.8) is 0 Å². The molecule has 0 fully saturated rings. The zero-order valence-corrected chi connectivity index (χ0v) is 14.3. The van der Waals surface area contributed by atoms with Crippen LogP contribution >= 0.6 is 0 Å². The van der Waals surface area contributed by atoms with Crippen LogP contribution in [-0.4, -0.2) is 37.0 Å². The molecule has 0 radical (unpaired) electrons. The number of unbranched alkanes of at least 4 members (excludes halogenated alkanes) is 1. The van der Waals surface area contributed by atoms with Gasteiger partial charge >= 0.3 is 0 Å². The summed E-state index contributed by atoms with van der Waals surface area (Å²) in [6.07, 6.45) is 7.31. The second-order valence-electron chi connectivity index (χ2n) is 5.97. The van der Waals surface area contributed by atoms with Gasteiger partial charge in [0, 0.05) is 32.4 Å². The van der Waals surface area contributed by atoms with Gasteiger partial charge in [-0.05, 0) is 12.8 Å². The summed E-state index contributed by atoms with van der Waals surface area (Å²) in [7, 11) is 3.45. The zero-order chi connectivity index (χ0) is 17.0. The second-order valence-corrected chi connectivity index (χ2v) is 5.97. The summed E-state index contributed by atoms with van der Waals surface area (Å²) in [5.74, 6) is 0.771. The van der Waals surface area contributed by atoms with Gasteiger partial charge in [-0.25, -0.2) is 0 Å². The Morgan fingerprint density at radius 2 is 2.04 bits per heavy atom. The number of hydrogen-bond acceptors (Lipinski definition) is 4. The second kappa shape index (κ2) is 7.39. The lowest BCUT2D eigenvalue weighted by molar-refractivity contribution is -0.135. The molecule has 0 spiro atoms. The van der Waals surface area contributed by atoms with Gasteiger partial charge in [-0.15, -0.1) is 10.2 Å². The van der Waals surface area contributed by atoms with Crippen LogP contribution in [-0.2, 0) is 18.4 Å². The van der Waals surface area contributed by atoms with Crippen molar-refractivity contribution in [2.24, 2.45) is 13.0 Å². The molecular formula is C16H25N5O2. The molecule has 7 nitrogen and oxygen atoms in total. The summed E-state index contributed by atoms with van der Waals surface area (Å²) in [4.78, 5) is 26.2. The fraction of sp³-hybridized carbons (Fsp3) is 0.625. The van der Waals surface area contributed by atoms with E-state index in [1.807, 2.05) is 6.92 Å². The number of carbonyl (C=O) groups excluding carboxylic acids is 1. The van der Waals surface area contributed by atoms with Gasteiger partial charge in [-0.2, -0.15) is 0 Å². The molecule has 1 unspecified atom stereocenters. The number of fused-ring (bicyclic) bond motifs is 1. The van der Waals surface area contributed by atoms with Crippen LogP contribution in [0.4, 0.5) is 0 Å². The largest absolute Gasteiger partial charge is 0.338 e. The van der Waals surface area contributed by atoms with Crippen LogP contribution in [0.2, 0.25) is 0 Å². The molecule has 0 aliphatic rings. The van der Waals surface area contributed by atoms with Crippen LogP contribution in [0.15, 0.2) is 17.2 Å². The quantitative estimate of drug-likeness (QED) is 0.777. The summed E-state index contributed by atoms with van der Waals surface area (Å²) >= 11 is 0. The molecule has 1 amide bonds. The molecule has 0 saturated heterocycles. The number of carbonyl (C=O) groups is 1. The van der Waals surface area contributed by atoms with Crippen LogP contribution < -0.4 is 5.56 Å². The molecule has 0 N–H and O–H groups in total. The number of nitrogens with zero attached hydrogens (tertiary/aromatic N) is 5. The molecule has 23 heavy (non-hydrogen) atoms. The van der Waals surface area contributed by atoms with Crippen LogP contribution in [0.1, 0.15) is 45.4 Å². The molecular weight excluding hydrogens is 294 g/mol. The monoisotopic (exact) mass is 319 g/mol. The van der Waals surface area contributed by atoms with E-state index >= 15 is 0 Å². The van der Waals surface area contributed by atoms with Gasteiger partial charge in [-0.1, -0.05) is 26.7 Å². The minimum absolute atomic E-state index is 0.0482. The molecule has 7 heteroatoms. The highest BCUT2D eigenvalue weighted by atomic mass is 16.2. The topological polar surface area (TPSA) is 72.5 Å². The minimum Gasteiger partial charge on any atom is -0.338 e. The molecule has 0 aliphatic heterocycles. The zero-order valence-electron chi connectivity index (χ0n) is 14.3. The van der Waals surface area contributed by atoms with E-state index in [2.05, 4.69) is 17.1 Å². The first-order chi connectivity index (χ1) is 11.0. The predicted molar refractivity (Wildman–Crippen MR) is 88.0 cm³/mol. The molecule has 0 bridgehead atoms. The predicted octanol–water partition coefficient (Wildman–Crippen LogP) is 1.60. The van der Waals surface area contributed by atoms with Crippen LogP contribution in [0, 0.1) is 5.92 Å². The first-order valence-electron chi connectivity index (χ1n) is 8.13. The number of aromatic nitrogens is 4. The molecule has 2 aromatic heterocycles. The smallest absolute Gasteiger partial charge is 0.295 e. The molecule has 0 aliphatic carbocycles. The van der Waals surface area contributed by atoms with Gasteiger partial charge in [0.25, 0.3) is 5.56 Å². The van der Waals surface area contributed by atoms with E-state index in [9.17, 15) is 9.59 Å². The highest BCUT2D eigenvalue weighted by Gasteiger charge is 2.21. The van der Waals surface area contributed by atoms with E-state index < -0.39 is 0 Å². The van der Waals surface area contributed by atoms with Gasteiger partial charge in [0.2, 0.25) is 11.6 Å². The Kier molecular flexibility index (Phi) is 5.52. The van der Waals surface area contributed by atoms with Crippen LogP contribution in [0.5, 0.6) is 0 Å². The summed E-state index contributed by atoms with van der Waals surface area (Å²) in [5.41, 5.74) is 0.0819. The summed E-state index contributed by atoms with van der Waals surface area (Å²) < 4.78 is 3.11. The Labute approximate surface area is 135 Å². The van der Waals surface area contributed by atoms with Crippen LogP contribution in [0.3, 0.4) is 0 Å². The van der Waals surface area contributed by atoms with E-state index in [0.717, 1.165) is 25.7 Å². The van der Waals surface area contributed by atoms with Crippen molar-refractivity contribution in [3.8, 4) is 0 Å². The first kappa shape index (κ1) is 17.2. The molecule has 2 aromatic rings. The Balaban J connectivity index is 2.17. The maximum atomic E-state index is 12.6. The molecule has 126 valence electrons. The van der Waals surface area contributed by atoms with E-state index in [0.29, 0.717) is 12.4 Å². The van der Waals surface area contributed by atoms with Crippen molar-refractivity contribution in [2.45, 2.75) is 46.1 Å². The van der Waals surface area contributed by atoms with E-state index in [4.69, 9.17) is 0 Å². The van der Waals surface area contributed by atoms with Crippen molar-refractivity contribution in [3.05, 3.63) is 28.6 Å². The lowest BCUT2D eigenvalue weighted by atomic mass is 9.98. The van der Waals surface area contributed by atoms with E-state index in [-0.39, 0.29) is 23.0 Å². The van der Waals surface area contributed by atoms with Crippen molar-refractivity contribution in [1.29, 1.82) is 0 Å². The maximum Gasteiger partial charge on any atom is 0.295 e. The number of hydrogen-bond donors (Lipinski definition) is 0. The Morgan fingerprint density at radius 1 is 1.30 bits per heavy atom. The third kappa shape index (κ3) is 3.60. The van der Waals surface area contributed by atoms with Crippen molar-refractivity contribution < 1.29 is 4.79 Å². The maximum absolute atomic E-state index is 12.6. The normalized spacial score (nSPS) is 12.5. The van der Waals surface area contributed by atoms with Crippen LogP contribution in [0.25, 0.3) is 5.65 Å². The lowest BCUT2D eigenvalue weighted by Gasteiger charge is -2.22. The average molecular weight is 319 g/mol. The Morgan fingerprint density at radius 3 is 2.70 bits per heavy atom. The molecule has 2 rings (SSSR count). The Bertz CT molecular complexity index is 734. The molecule has 0 saturated carbocycles. The Hall–Kier alpha value is -2.18. The van der Waals surface area contributed by atoms with Gasteiger partial charge in [-0.3, -0.25) is 14.0 Å². The van der Waals surface area contributed by atoms with Crippen molar-refractivity contribution >= 4 is 11.6 Å². The molecule has 1 atom stereocenters. The minimum atomic E-state index is -0.199. The summed E-state index contributed by atoms with van der Waals surface area (Å²) in [6, 6.07) is 0. The third-order valence-corrected chi connectivity index (χ3v) is 4.22. The van der Waals surface area contributed by atoms with Gasteiger partial charge in [0.1, 0.15) is 0 Å². The van der Waals surface area contributed by atoms with Gasteiger partial charge < -0.3 is 9.47 Å². The fourth-order valence-electron chi connectivity index (χ4n) is 2.68. The lowest BCUT2D eigenvalue weighted by Crippen LogP contribution is -2.33. The summed E-state index contributed by atoms with van der Waals surface area (Å²) in [6.45, 7) is 4.52.